The smallest absolute Gasteiger partial charge is 0.210 e. The lowest BCUT2D eigenvalue weighted by Crippen LogP contribution is -2.37. The van der Waals surface area contributed by atoms with Crippen LogP contribution >= 0.6 is 0 Å². The Morgan fingerprint density at radius 1 is 1.57 bits per heavy atom. The van der Waals surface area contributed by atoms with Crippen LogP contribution in [0.25, 0.3) is 0 Å². The van der Waals surface area contributed by atoms with Crippen molar-refractivity contribution in [3.8, 4) is 0 Å². The van der Waals surface area contributed by atoms with Crippen LogP contribution in [0.1, 0.15) is 23.7 Å². The molecule has 3 heteroatoms. The van der Waals surface area contributed by atoms with Crippen molar-refractivity contribution in [1.29, 1.82) is 0 Å². The van der Waals surface area contributed by atoms with E-state index in [2.05, 4.69) is 18.0 Å². The molecular formula is C11H14N2O. The van der Waals surface area contributed by atoms with E-state index in [0.717, 1.165) is 25.1 Å². The molecule has 14 heavy (non-hydrogen) atoms. The second kappa shape index (κ2) is 3.40. The zero-order chi connectivity index (χ0) is 10.1. The highest BCUT2D eigenvalue weighted by Gasteiger charge is 2.21. The predicted molar refractivity (Wildman–Crippen MR) is 53.7 cm³/mol. The molecule has 1 amide bonds. The fourth-order valence-electron chi connectivity index (χ4n) is 1.90. The van der Waals surface area contributed by atoms with Gasteiger partial charge >= 0.3 is 0 Å². The van der Waals surface area contributed by atoms with Gasteiger partial charge in [-0.25, -0.2) is 0 Å². The van der Waals surface area contributed by atoms with Crippen molar-refractivity contribution in [3.63, 3.8) is 0 Å². The molecular weight excluding hydrogens is 176 g/mol. The summed E-state index contributed by atoms with van der Waals surface area (Å²) >= 11 is 0. The van der Waals surface area contributed by atoms with Crippen molar-refractivity contribution in [3.05, 3.63) is 29.1 Å². The van der Waals surface area contributed by atoms with Crippen LogP contribution in [0.15, 0.2) is 12.3 Å². The fourth-order valence-corrected chi connectivity index (χ4v) is 1.90. The third-order valence-corrected chi connectivity index (χ3v) is 2.79. The number of rotatable bonds is 1. The van der Waals surface area contributed by atoms with Gasteiger partial charge in [-0.3, -0.25) is 9.78 Å². The molecule has 2 rings (SSSR count). The molecule has 74 valence electrons. The average molecular weight is 190 g/mol. The maximum atomic E-state index is 10.8. The SMILES string of the molecule is Cc1cc2c(cn1)C[C@H](C)N(C=O)C2. The van der Waals surface area contributed by atoms with Crippen LogP contribution in [-0.2, 0) is 17.8 Å². The first kappa shape index (κ1) is 9.19. The summed E-state index contributed by atoms with van der Waals surface area (Å²) in [5.74, 6) is 0. The molecule has 0 fully saturated rings. The second-order valence-corrected chi connectivity index (χ2v) is 3.93. The molecule has 0 saturated heterocycles. The molecule has 1 atom stereocenters. The third kappa shape index (κ3) is 1.50. The van der Waals surface area contributed by atoms with E-state index in [1.807, 2.05) is 18.0 Å². The van der Waals surface area contributed by atoms with Crippen LogP contribution in [0, 0.1) is 6.92 Å². The maximum Gasteiger partial charge on any atom is 0.210 e. The summed E-state index contributed by atoms with van der Waals surface area (Å²) in [6.45, 7) is 4.77. The number of amides is 1. The van der Waals surface area contributed by atoms with Gasteiger partial charge in [-0.2, -0.15) is 0 Å². The number of aryl methyl sites for hydroxylation is 1. The monoisotopic (exact) mass is 190 g/mol. The molecule has 0 aliphatic carbocycles. The first-order valence-corrected chi connectivity index (χ1v) is 4.86. The largest absolute Gasteiger partial charge is 0.338 e. The van der Waals surface area contributed by atoms with Crippen LogP contribution in [-0.4, -0.2) is 22.3 Å². The molecule has 0 saturated carbocycles. The fraction of sp³-hybridized carbons (Fsp3) is 0.455. The summed E-state index contributed by atoms with van der Waals surface area (Å²) < 4.78 is 0. The Balaban J connectivity index is 2.35. The maximum absolute atomic E-state index is 10.8. The quantitative estimate of drug-likeness (QED) is 0.625. The molecule has 0 N–H and O–H groups in total. The predicted octanol–water partition coefficient (Wildman–Crippen LogP) is 1.29. The van der Waals surface area contributed by atoms with Gasteiger partial charge in [0.05, 0.1) is 0 Å². The normalized spacial score (nSPS) is 20.4. The van der Waals surface area contributed by atoms with E-state index in [0.29, 0.717) is 6.04 Å². The van der Waals surface area contributed by atoms with Gasteiger partial charge in [0.25, 0.3) is 0 Å². The standard InChI is InChI=1S/C11H14N2O/c1-8-3-11-6-13(7-14)9(2)4-10(11)5-12-8/h3,5,7,9H,4,6H2,1-2H3/t9-/m0/s1. The highest BCUT2D eigenvalue weighted by Crippen LogP contribution is 2.21. The Morgan fingerprint density at radius 2 is 2.36 bits per heavy atom. The van der Waals surface area contributed by atoms with Crippen molar-refractivity contribution in [2.24, 2.45) is 0 Å². The molecule has 0 bridgehead atoms. The number of carbonyl (C=O) groups is 1. The summed E-state index contributed by atoms with van der Waals surface area (Å²) in [6, 6.07) is 2.36. The van der Waals surface area contributed by atoms with E-state index < -0.39 is 0 Å². The molecule has 1 aliphatic heterocycles. The summed E-state index contributed by atoms with van der Waals surface area (Å²) in [7, 11) is 0. The van der Waals surface area contributed by atoms with Crippen LogP contribution in [0.2, 0.25) is 0 Å². The summed E-state index contributed by atoms with van der Waals surface area (Å²) in [4.78, 5) is 16.9. The number of pyridine rings is 1. The molecule has 1 aromatic rings. The van der Waals surface area contributed by atoms with Crippen molar-refractivity contribution in [1.82, 2.24) is 9.88 Å². The highest BCUT2D eigenvalue weighted by atomic mass is 16.1. The molecule has 1 aliphatic rings. The molecule has 0 aromatic carbocycles. The molecule has 0 radical (unpaired) electrons. The summed E-state index contributed by atoms with van der Waals surface area (Å²) in [5, 5.41) is 0. The minimum Gasteiger partial charge on any atom is -0.338 e. The number of nitrogens with zero attached hydrogens (tertiary/aromatic N) is 2. The van der Waals surface area contributed by atoms with Gasteiger partial charge in [0, 0.05) is 24.5 Å². The van der Waals surface area contributed by atoms with Crippen molar-refractivity contribution >= 4 is 6.41 Å². The lowest BCUT2D eigenvalue weighted by Gasteiger charge is -2.31. The van der Waals surface area contributed by atoms with Gasteiger partial charge in [0.2, 0.25) is 6.41 Å². The number of carbonyl (C=O) groups excluding carboxylic acids is 1. The Morgan fingerprint density at radius 3 is 3.07 bits per heavy atom. The molecule has 2 heterocycles. The molecule has 3 nitrogen and oxygen atoms in total. The van der Waals surface area contributed by atoms with Gasteiger partial charge in [0.15, 0.2) is 0 Å². The Labute approximate surface area is 83.8 Å². The van der Waals surface area contributed by atoms with Gasteiger partial charge in [0.1, 0.15) is 0 Å². The van der Waals surface area contributed by atoms with Gasteiger partial charge in [-0.1, -0.05) is 0 Å². The minimum absolute atomic E-state index is 0.296. The highest BCUT2D eigenvalue weighted by molar-refractivity contribution is 5.50. The first-order chi connectivity index (χ1) is 6.70. The number of hydrogen-bond acceptors (Lipinski definition) is 2. The molecule has 0 spiro atoms. The van der Waals surface area contributed by atoms with Crippen LogP contribution < -0.4 is 0 Å². The average Bonchev–Trinajstić information content (AvgIpc) is 2.17. The van der Waals surface area contributed by atoms with Crippen molar-refractivity contribution in [2.75, 3.05) is 0 Å². The van der Waals surface area contributed by atoms with E-state index in [4.69, 9.17) is 0 Å². The van der Waals surface area contributed by atoms with Crippen LogP contribution in [0.5, 0.6) is 0 Å². The Kier molecular flexibility index (Phi) is 2.23. The number of hydrogen-bond donors (Lipinski definition) is 0. The molecule has 1 aromatic heterocycles. The van der Waals surface area contributed by atoms with Gasteiger partial charge in [-0.15, -0.1) is 0 Å². The van der Waals surface area contributed by atoms with Crippen molar-refractivity contribution < 1.29 is 4.79 Å². The molecule has 0 unspecified atom stereocenters. The summed E-state index contributed by atoms with van der Waals surface area (Å²) in [6.07, 6.45) is 3.79. The van der Waals surface area contributed by atoms with Gasteiger partial charge < -0.3 is 4.90 Å². The number of aromatic nitrogens is 1. The minimum atomic E-state index is 0.296. The Bertz CT molecular complexity index is 362. The van der Waals surface area contributed by atoms with E-state index in [1.54, 1.807) is 0 Å². The third-order valence-electron chi connectivity index (χ3n) is 2.79. The van der Waals surface area contributed by atoms with E-state index in [1.165, 1.54) is 11.1 Å². The lowest BCUT2D eigenvalue weighted by molar-refractivity contribution is -0.120. The topological polar surface area (TPSA) is 33.2 Å². The second-order valence-electron chi connectivity index (χ2n) is 3.93. The van der Waals surface area contributed by atoms with E-state index in [9.17, 15) is 4.79 Å². The Hall–Kier alpha value is -1.38. The lowest BCUT2D eigenvalue weighted by atomic mass is 9.97. The van der Waals surface area contributed by atoms with E-state index in [-0.39, 0.29) is 0 Å². The summed E-state index contributed by atoms with van der Waals surface area (Å²) in [5.41, 5.74) is 3.54. The van der Waals surface area contributed by atoms with Crippen LogP contribution in [0.4, 0.5) is 0 Å². The first-order valence-electron chi connectivity index (χ1n) is 4.86. The van der Waals surface area contributed by atoms with Crippen molar-refractivity contribution in [2.45, 2.75) is 32.9 Å². The van der Waals surface area contributed by atoms with Gasteiger partial charge in [-0.05, 0) is 37.5 Å². The van der Waals surface area contributed by atoms with Crippen LogP contribution in [0.3, 0.4) is 0 Å². The number of fused-ring (bicyclic) bond motifs is 1. The zero-order valence-electron chi connectivity index (χ0n) is 8.53. The van der Waals surface area contributed by atoms with E-state index >= 15 is 0 Å². The zero-order valence-corrected chi connectivity index (χ0v) is 8.53.